The molecule has 1 amide bonds. The van der Waals surface area contributed by atoms with Crippen LogP contribution in [0.25, 0.3) is 11.5 Å². The van der Waals surface area contributed by atoms with E-state index in [-0.39, 0.29) is 36.8 Å². The molecule has 31 heavy (non-hydrogen) atoms. The van der Waals surface area contributed by atoms with Gasteiger partial charge < -0.3 is 14.7 Å². The van der Waals surface area contributed by atoms with E-state index >= 15 is 0 Å². The lowest BCUT2D eigenvalue weighted by molar-refractivity contribution is -0.134. The Bertz CT molecular complexity index is 950. The Morgan fingerprint density at radius 2 is 2.00 bits per heavy atom. The number of piperazine rings is 1. The van der Waals surface area contributed by atoms with Gasteiger partial charge in [-0.25, -0.2) is 0 Å². The zero-order valence-electron chi connectivity index (χ0n) is 17.4. The Labute approximate surface area is 194 Å². The molecule has 7 nitrogen and oxygen atoms in total. The van der Waals surface area contributed by atoms with Crippen molar-refractivity contribution in [2.75, 3.05) is 19.6 Å². The van der Waals surface area contributed by atoms with Crippen LogP contribution in [0, 0.1) is 0 Å². The summed E-state index contributed by atoms with van der Waals surface area (Å²) in [7, 11) is 0. The van der Waals surface area contributed by atoms with Gasteiger partial charge in [0, 0.05) is 38.7 Å². The molecule has 0 bridgehead atoms. The number of benzene rings is 1. The number of amides is 1. The van der Waals surface area contributed by atoms with Crippen LogP contribution in [0.3, 0.4) is 0 Å². The van der Waals surface area contributed by atoms with E-state index in [1.54, 1.807) is 6.20 Å². The molecule has 3 heterocycles. The molecular weight excluding hydrogens is 437 g/mol. The number of pyridine rings is 1. The lowest BCUT2D eigenvalue weighted by Crippen LogP contribution is -2.48. The van der Waals surface area contributed by atoms with Gasteiger partial charge >= 0.3 is 0 Å². The van der Waals surface area contributed by atoms with Crippen LogP contribution in [0.4, 0.5) is 0 Å². The molecule has 1 N–H and O–H groups in total. The second-order valence-electron chi connectivity index (χ2n) is 7.13. The molecule has 1 aromatic carbocycles. The summed E-state index contributed by atoms with van der Waals surface area (Å²) >= 11 is 0. The predicted molar refractivity (Wildman–Crippen MR) is 123 cm³/mol. The number of hydrogen-bond donors (Lipinski definition) is 1. The van der Waals surface area contributed by atoms with Crippen molar-refractivity contribution in [1.29, 1.82) is 0 Å². The Morgan fingerprint density at radius 1 is 1.19 bits per heavy atom. The third kappa shape index (κ3) is 6.03. The van der Waals surface area contributed by atoms with E-state index in [1.807, 2.05) is 23.1 Å². The van der Waals surface area contributed by atoms with E-state index in [1.165, 1.54) is 5.56 Å². The predicted octanol–water partition coefficient (Wildman–Crippen LogP) is 3.64. The van der Waals surface area contributed by atoms with Gasteiger partial charge in [0.1, 0.15) is 5.69 Å². The van der Waals surface area contributed by atoms with Crippen LogP contribution in [0.2, 0.25) is 0 Å². The topological polar surface area (TPSA) is 84.2 Å². The van der Waals surface area contributed by atoms with Crippen molar-refractivity contribution in [3.63, 3.8) is 0 Å². The van der Waals surface area contributed by atoms with Crippen LogP contribution in [0.1, 0.15) is 36.4 Å². The van der Waals surface area contributed by atoms with Gasteiger partial charge in [-0.1, -0.05) is 42.4 Å². The van der Waals surface area contributed by atoms with Crippen LogP contribution in [-0.4, -0.2) is 45.6 Å². The van der Waals surface area contributed by atoms with Gasteiger partial charge in [-0.2, -0.15) is 4.98 Å². The number of halogens is 2. The van der Waals surface area contributed by atoms with Crippen LogP contribution < -0.4 is 5.32 Å². The zero-order valence-corrected chi connectivity index (χ0v) is 19.0. The first-order valence-corrected chi connectivity index (χ1v) is 10.1. The quantitative estimate of drug-likeness (QED) is 0.600. The summed E-state index contributed by atoms with van der Waals surface area (Å²) in [5.41, 5.74) is 3.12. The fourth-order valence-corrected chi connectivity index (χ4v) is 3.59. The monoisotopic (exact) mass is 463 g/mol. The minimum atomic E-state index is 0. The van der Waals surface area contributed by atoms with Gasteiger partial charge in [0.15, 0.2) is 0 Å². The average Bonchev–Trinajstić information content (AvgIpc) is 3.27. The van der Waals surface area contributed by atoms with Gasteiger partial charge in [-0.05, 0) is 29.7 Å². The van der Waals surface area contributed by atoms with E-state index in [4.69, 9.17) is 4.52 Å². The maximum atomic E-state index is 13.0. The van der Waals surface area contributed by atoms with E-state index in [0.29, 0.717) is 36.8 Å². The van der Waals surface area contributed by atoms with Crippen molar-refractivity contribution in [3.8, 4) is 11.5 Å². The molecule has 1 atom stereocenters. The third-order valence-corrected chi connectivity index (χ3v) is 5.25. The fraction of sp³-hybridized carbons (Fsp3) is 0.364. The summed E-state index contributed by atoms with van der Waals surface area (Å²) in [4.78, 5) is 23.5. The van der Waals surface area contributed by atoms with Crippen LogP contribution in [0.5, 0.6) is 0 Å². The van der Waals surface area contributed by atoms with Gasteiger partial charge in [0.25, 0.3) is 0 Å². The smallest absolute Gasteiger partial charge is 0.227 e. The highest BCUT2D eigenvalue weighted by atomic mass is 35.5. The molecule has 166 valence electrons. The summed E-state index contributed by atoms with van der Waals surface area (Å²) in [5.74, 6) is 1.01. The van der Waals surface area contributed by atoms with Crippen molar-refractivity contribution in [3.05, 3.63) is 65.7 Å². The van der Waals surface area contributed by atoms with Gasteiger partial charge in [0.05, 0.1) is 6.04 Å². The van der Waals surface area contributed by atoms with E-state index < -0.39 is 0 Å². The number of aromatic nitrogens is 3. The third-order valence-electron chi connectivity index (χ3n) is 5.25. The highest BCUT2D eigenvalue weighted by Gasteiger charge is 2.28. The van der Waals surface area contributed by atoms with Crippen molar-refractivity contribution in [2.24, 2.45) is 0 Å². The van der Waals surface area contributed by atoms with Crippen molar-refractivity contribution < 1.29 is 9.32 Å². The van der Waals surface area contributed by atoms with Gasteiger partial charge in [0.2, 0.25) is 17.6 Å². The van der Waals surface area contributed by atoms with Gasteiger partial charge in [-0.15, -0.1) is 24.8 Å². The minimum Gasteiger partial charge on any atom is -0.339 e. The summed E-state index contributed by atoms with van der Waals surface area (Å²) in [5, 5.41) is 7.37. The summed E-state index contributed by atoms with van der Waals surface area (Å²) in [6.07, 6.45) is 3.46. The normalized spacial score (nSPS) is 15.6. The molecule has 3 aromatic rings. The number of aryl methyl sites for hydroxylation is 2. The van der Waals surface area contributed by atoms with E-state index in [2.05, 4.69) is 51.6 Å². The maximum absolute atomic E-state index is 13.0. The molecule has 1 saturated heterocycles. The fourth-order valence-electron chi connectivity index (χ4n) is 3.59. The Kier molecular flexibility index (Phi) is 9.43. The van der Waals surface area contributed by atoms with Crippen LogP contribution in [-0.2, 0) is 17.6 Å². The largest absolute Gasteiger partial charge is 0.339 e. The molecule has 1 aliphatic heterocycles. The highest BCUT2D eigenvalue weighted by molar-refractivity contribution is 5.85. The number of hydrogen-bond acceptors (Lipinski definition) is 6. The second-order valence-corrected chi connectivity index (χ2v) is 7.13. The molecule has 4 rings (SSSR count). The Morgan fingerprint density at radius 3 is 2.71 bits per heavy atom. The molecule has 0 radical (unpaired) electrons. The standard InChI is InChI=1S/C22H25N5O2.2ClH/c1-2-16-6-8-17(9-7-16)19-15-23-13-14-27(19)21(28)11-10-20-25-22(26-29-20)18-5-3-4-12-24-18;;/h3-9,12,19,23H,2,10-11,13-15H2,1H3;2*1H. The first-order valence-electron chi connectivity index (χ1n) is 10.1. The van der Waals surface area contributed by atoms with E-state index in [9.17, 15) is 4.79 Å². The Balaban J connectivity index is 0.00000171. The molecule has 0 spiro atoms. The molecule has 1 aliphatic rings. The van der Waals surface area contributed by atoms with Crippen LogP contribution >= 0.6 is 24.8 Å². The first-order chi connectivity index (χ1) is 14.2. The molecule has 9 heteroatoms. The lowest BCUT2D eigenvalue weighted by Gasteiger charge is -2.36. The number of rotatable bonds is 6. The lowest BCUT2D eigenvalue weighted by atomic mass is 10.0. The summed E-state index contributed by atoms with van der Waals surface area (Å²) < 4.78 is 5.31. The minimum absolute atomic E-state index is 0. The second kappa shape index (κ2) is 11.8. The first kappa shape index (κ1) is 24.8. The number of carbonyl (C=O) groups is 1. The molecule has 1 unspecified atom stereocenters. The SMILES string of the molecule is CCc1ccc(C2CNCCN2C(=O)CCc2nc(-c3ccccn3)no2)cc1.Cl.Cl. The van der Waals surface area contributed by atoms with Gasteiger partial charge in [-0.3, -0.25) is 9.78 Å². The average molecular weight is 464 g/mol. The Hall–Kier alpha value is -2.48. The number of nitrogens with zero attached hydrogens (tertiary/aromatic N) is 4. The maximum Gasteiger partial charge on any atom is 0.227 e. The zero-order chi connectivity index (χ0) is 20.1. The van der Waals surface area contributed by atoms with Crippen LogP contribution in [0.15, 0.2) is 53.2 Å². The molecule has 1 fully saturated rings. The number of carbonyl (C=O) groups excluding carboxylic acids is 1. The molecule has 0 saturated carbocycles. The summed E-state index contributed by atoms with van der Waals surface area (Å²) in [6.45, 7) is 4.41. The van der Waals surface area contributed by atoms with Crippen molar-refractivity contribution in [2.45, 2.75) is 32.2 Å². The molecular formula is C22H27Cl2N5O2. The number of nitrogens with one attached hydrogen (secondary N) is 1. The highest BCUT2D eigenvalue weighted by Crippen LogP contribution is 2.24. The van der Waals surface area contributed by atoms with Crippen molar-refractivity contribution >= 4 is 30.7 Å². The van der Waals surface area contributed by atoms with E-state index in [0.717, 1.165) is 25.1 Å². The molecule has 0 aliphatic carbocycles. The van der Waals surface area contributed by atoms with Crippen molar-refractivity contribution in [1.82, 2.24) is 25.3 Å². The molecule has 2 aromatic heterocycles. The summed E-state index contributed by atoms with van der Waals surface area (Å²) in [6, 6.07) is 14.1.